The van der Waals surface area contributed by atoms with Crippen LogP contribution in [0.2, 0.25) is 0 Å². The molecule has 0 unspecified atom stereocenters. The molecule has 0 aliphatic rings. The highest BCUT2D eigenvalue weighted by atomic mass is 32.1. The molecular formula is C27H30N4O3S2. The van der Waals surface area contributed by atoms with Crippen LogP contribution in [0.4, 0.5) is 0 Å². The molecule has 2 aromatic carbocycles. The van der Waals surface area contributed by atoms with Gasteiger partial charge in [-0.1, -0.05) is 36.4 Å². The van der Waals surface area contributed by atoms with Crippen molar-refractivity contribution in [3.8, 4) is 0 Å². The minimum absolute atomic E-state index is 0.257. The van der Waals surface area contributed by atoms with Crippen LogP contribution in [-0.2, 0) is 27.2 Å². The smallest absolute Gasteiger partial charge is 0.244 e. The molecule has 4 aromatic rings. The number of benzene rings is 2. The molecule has 2 aromatic heterocycles. The van der Waals surface area contributed by atoms with Crippen LogP contribution in [0.15, 0.2) is 59.3 Å². The summed E-state index contributed by atoms with van der Waals surface area (Å²) < 4.78 is 2.25. The van der Waals surface area contributed by atoms with Gasteiger partial charge in [0.1, 0.15) is 12.2 Å². The Morgan fingerprint density at radius 3 is 1.89 bits per heavy atom. The fraction of sp³-hybridized carbons (Fsp3) is 0.296. The van der Waals surface area contributed by atoms with Crippen molar-refractivity contribution in [3.05, 3.63) is 70.4 Å². The standard InChI is InChI=1S/C27H30N4O3S2/c1-16(32)29-24(13-18-15-36-23-11-7-5-9-20(18)23)31-25(33)21(30-26(34)27(2,3)28)12-17-14-35-22-10-6-4-8-19(17)22/h4-11,14-15,21,24H,12-13,28H2,1-3H3,(H,29,32)(H,30,34)(H,31,33)/t21-,24-/m1/s1. The van der Waals surface area contributed by atoms with E-state index in [1.807, 2.05) is 59.3 Å². The zero-order valence-electron chi connectivity index (χ0n) is 20.5. The van der Waals surface area contributed by atoms with Gasteiger partial charge in [0.25, 0.3) is 0 Å². The molecule has 7 nitrogen and oxygen atoms in total. The number of carbonyl (C=O) groups excluding carboxylic acids is 3. The summed E-state index contributed by atoms with van der Waals surface area (Å²) in [6.07, 6.45) is 0.0727. The van der Waals surface area contributed by atoms with Gasteiger partial charge in [-0.15, -0.1) is 22.7 Å². The molecule has 0 aliphatic heterocycles. The number of thiophene rings is 2. The molecule has 0 bridgehead atoms. The first kappa shape index (κ1) is 25.8. The Kier molecular flexibility index (Phi) is 7.73. The fourth-order valence-corrected chi connectivity index (χ4v) is 5.98. The van der Waals surface area contributed by atoms with Gasteiger partial charge in [-0.2, -0.15) is 0 Å². The maximum Gasteiger partial charge on any atom is 0.244 e. The summed E-state index contributed by atoms with van der Waals surface area (Å²) in [5, 5.41) is 14.8. The Balaban J connectivity index is 1.58. The molecular weight excluding hydrogens is 492 g/mol. The molecule has 5 N–H and O–H groups in total. The van der Waals surface area contributed by atoms with Gasteiger partial charge in [0.2, 0.25) is 17.7 Å². The molecule has 2 atom stereocenters. The van der Waals surface area contributed by atoms with E-state index < -0.39 is 23.7 Å². The molecule has 0 saturated carbocycles. The van der Waals surface area contributed by atoms with Crippen molar-refractivity contribution in [2.45, 2.75) is 51.4 Å². The predicted octanol–water partition coefficient (Wildman–Crippen LogP) is 3.70. The van der Waals surface area contributed by atoms with Crippen LogP contribution in [0.3, 0.4) is 0 Å². The van der Waals surface area contributed by atoms with E-state index in [4.69, 9.17) is 5.73 Å². The zero-order valence-corrected chi connectivity index (χ0v) is 22.1. The fourth-order valence-electron chi connectivity index (χ4n) is 4.03. The lowest BCUT2D eigenvalue weighted by Gasteiger charge is -2.26. The van der Waals surface area contributed by atoms with E-state index >= 15 is 0 Å². The molecule has 9 heteroatoms. The van der Waals surface area contributed by atoms with E-state index in [1.54, 1.807) is 36.5 Å². The molecule has 4 rings (SSSR count). The first-order chi connectivity index (χ1) is 17.1. The summed E-state index contributed by atoms with van der Waals surface area (Å²) in [4.78, 5) is 38.3. The summed E-state index contributed by atoms with van der Waals surface area (Å²) in [5.74, 6) is -1.07. The number of rotatable bonds is 9. The quantitative estimate of drug-likeness (QED) is 0.251. The van der Waals surface area contributed by atoms with Crippen LogP contribution in [0.25, 0.3) is 20.2 Å². The highest BCUT2D eigenvalue weighted by Gasteiger charge is 2.30. The molecule has 188 valence electrons. The lowest BCUT2D eigenvalue weighted by Crippen LogP contribution is -2.59. The normalized spacial score (nSPS) is 13.3. The number of nitrogens with one attached hydrogen (secondary N) is 3. The van der Waals surface area contributed by atoms with Crippen LogP contribution in [0.1, 0.15) is 31.9 Å². The second-order valence-corrected chi connectivity index (χ2v) is 11.3. The summed E-state index contributed by atoms with van der Waals surface area (Å²) >= 11 is 3.21. The Labute approximate surface area is 218 Å². The second-order valence-electron chi connectivity index (χ2n) is 9.43. The molecule has 3 amide bonds. The van der Waals surface area contributed by atoms with E-state index in [0.29, 0.717) is 12.8 Å². The van der Waals surface area contributed by atoms with Crippen LogP contribution in [0, 0.1) is 0 Å². The molecule has 0 saturated heterocycles. The van der Waals surface area contributed by atoms with Crippen molar-refractivity contribution in [2.24, 2.45) is 5.73 Å². The average molecular weight is 523 g/mol. The lowest BCUT2D eigenvalue weighted by atomic mass is 10.0. The molecule has 0 fully saturated rings. The van der Waals surface area contributed by atoms with Gasteiger partial charge < -0.3 is 21.7 Å². The van der Waals surface area contributed by atoms with E-state index in [9.17, 15) is 14.4 Å². The van der Waals surface area contributed by atoms with Gasteiger partial charge in [-0.3, -0.25) is 14.4 Å². The van der Waals surface area contributed by atoms with Gasteiger partial charge >= 0.3 is 0 Å². The maximum absolute atomic E-state index is 13.5. The molecule has 0 spiro atoms. The van der Waals surface area contributed by atoms with Crippen LogP contribution in [-0.4, -0.2) is 35.5 Å². The maximum atomic E-state index is 13.5. The highest BCUT2D eigenvalue weighted by Crippen LogP contribution is 2.28. The van der Waals surface area contributed by atoms with Crippen molar-refractivity contribution in [1.82, 2.24) is 16.0 Å². The second kappa shape index (κ2) is 10.8. The summed E-state index contributed by atoms with van der Waals surface area (Å²) in [5.41, 5.74) is 6.85. The minimum atomic E-state index is -1.15. The van der Waals surface area contributed by atoms with Gasteiger partial charge in [0, 0.05) is 29.2 Å². The number of hydrogen-bond donors (Lipinski definition) is 4. The first-order valence-electron chi connectivity index (χ1n) is 11.7. The average Bonchev–Trinajstić information content (AvgIpc) is 3.42. The predicted molar refractivity (Wildman–Crippen MR) is 147 cm³/mol. The van der Waals surface area contributed by atoms with Gasteiger partial charge in [0.15, 0.2) is 0 Å². The summed E-state index contributed by atoms with van der Waals surface area (Å²) in [6, 6.07) is 15.1. The molecule has 2 heterocycles. The van der Waals surface area contributed by atoms with Gasteiger partial charge in [-0.25, -0.2) is 0 Å². The number of carbonyl (C=O) groups is 3. The Hall–Kier alpha value is -3.27. The Morgan fingerprint density at radius 2 is 1.36 bits per heavy atom. The largest absolute Gasteiger partial charge is 0.342 e. The van der Waals surface area contributed by atoms with Crippen LogP contribution < -0.4 is 21.7 Å². The third-order valence-corrected chi connectivity index (χ3v) is 7.90. The van der Waals surface area contributed by atoms with E-state index in [2.05, 4.69) is 16.0 Å². The SMILES string of the molecule is CC(=O)N[C@@H](Cc1csc2ccccc12)NC(=O)[C@@H](Cc1csc2ccccc12)NC(=O)C(C)(C)N. The van der Waals surface area contributed by atoms with E-state index in [1.165, 1.54) is 6.92 Å². The van der Waals surface area contributed by atoms with Crippen molar-refractivity contribution < 1.29 is 14.4 Å². The Bertz CT molecular complexity index is 1400. The van der Waals surface area contributed by atoms with Crippen molar-refractivity contribution in [2.75, 3.05) is 0 Å². The van der Waals surface area contributed by atoms with Crippen LogP contribution in [0.5, 0.6) is 0 Å². The number of fused-ring (bicyclic) bond motifs is 2. The molecule has 36 heavy (non-hydrogen) atoms. The molecule has 0 radical (unpaired) electrons. The van der Waals surface area contributed by atoms with Crippen molar-refractivity contribution >= 4 is 60.6 Å². The summed E-state index contributed by atoms with van der Waals surface area (Å²) in [6.45, 7) is 4.61. The summed E-state index contributed by atoms with van der Waals surface area (Å²) in [7, 11) is 0. The molecule has 0 aliphatic carbocycles. The first-order valence-corrected chi connectivity index (χ1v) is 13.5. The van der Waals surface area contributed by atoms with Crippen LogP contribution >= 0.6 is 22.7 Å². The number of hydrogen-bond acceptors (Lipinski definition) is 6. The highest BCUT2D eigenvalue weighted by molar-refractivity contribution is 7.17. The van der Waals surface area contributed by atoms with Gasteiger partial charge in [-0.05, 0) is 58.6 Å². The van der Waals surface area contributed by atoms with E-state index in [0.717, 1.165) is 31.3 Å². The van der Waals surface area contributed by atoms with Crippen molar-refractivity contribution in [1.29, 1.82) is 0 Å². The third kappa shape index (κ3) is 6.10. The minimum Gasteiger partial charge on any atom is -0.342 e. The lowest BCUT2D eigenvalue weighted by molar-refractivity contribution is -0.132. The van der Waals surface area contributed by atoms with Crippen molar-refractivity contribution in [3.63, 3.8) is 0 Å². The topological polar surface area (TPSA) is 113 Å². The number of nitrogens with two attached hydrogens (primary N) is 1. The number of amides is 3. The van der Waals surface area contributed by atoms with E-state index in [-0.39, 0.29) is 11.8 Å². The monoisotopic (exact) mass is 522 g/mol. The third-order valence-electron chi connectivity index (χ3n) is 5.87. The van der Waals surface area contributed by atoms with Gasteiger partial charge in [0.05, 0.1) is 5.54 Å². The Morgan fingerprint density at radius 1 is 0.833 bits per heavy atom. The zero-order chi connectivity index (χ0) is 25.9.